The van der Waals surface area contributed by atoms with Crippen LogP contribution in [0.4, 0.5) is 0 Å². The smallest absolute Gasteiger partial charge is 0.0406 e. The largest absolute Gasteiger partial charge is 0.0654 e. The van der Waals surface area contributed by atoms with Gasteiger partial charge in [0, 0.05) is 0 Å². The first-order valence-corrected chi connectivity index (χ1v) is 6.26. The molecule has 1 fully saturated rings. The molecule has 0 heterocycles. The normalized spacial score (nSPS) is 29.8. The van der Waals surface area contributed by atoms with Crippen molar-refractivity contribution >= 4 is 0 Å². The Kier molecular flexibility index (Phi) is 4.83. The van der Waals surface area contributed by atoms with Gasteiger partial charge in [-0.15, -0.1) is 0 Å². The fraction of sp³-hybridized carbons (Fsp3) is 1.00. The summed E-state index contributed by atoms with van der Waals surface area (Å²) in [6.07, 6.45) is 10.3. The highest BCUT2D eigenvalue weighted by molar-refractivity contribution is 4.79. The Labute approximate surface area is 84.1 Å². The Morgan fingerprint density at radius 2 is 1.85 bits per heavy atom. The van der Waals surface area contributed by atoms with Gasteiger partial charge in [-0.25, -0.2) is 0 Å². The standard InChI is InChI=1S/C13H26/c1-4-6-7-11(3)8-13-9-12(5-2)10-13/h11-13H,4-10H2,1-3H3. The summed E-state index contributed by atoms with van der Waals surface area (Å²) < 4.78 is 0. The first-order valence-electron chi connectivity index (χ1n) is 6.26. The van der Waals surface area contributed by atoms with Crippen molar-refractivity contribution in [3.05, 3.63) is 0 Å². The van der Waals surface area contributed by atoms with E-state index in [0.717, 1.165) is 17.8 Å². The van der Waals surface area contributed by atoms with E-state index in [1.807, 2.05) is 0 Å². The highest BCUT2D eigenvalue weighted by atomic mass is 14.3. The summed E-state index contributed by atoms with van der Waals surface area (Å²) in [5.74, 6) is 3.17. The molecular weight excluding hydrogens is 156 g/mol. The molecule has 0 saturated heterocycles. The minimum absolute atomic E-state index is 0.989. The fourth-order valence-electron chi connectivity index (χ4n) is 2.64. The number of hydrogen-bond donors (Lipinski definition) is 0. The van der Waals surface area contributed by atoms with E-state index in [0.29, 0.717) is 0 Å². The lowest BCUT2D eigenvalue weighted by Gasteiger charge is -2.36. The van der Waals surface area contributed by atoms with Crippen LogP contribution in [0.1, 0.15) is 65.7 Å². The molecule has 0 aromatic heterocycles. The second kappa shape index (κ2) is 5.67. The van der Waals surface area contributed by atoms with Crippen molar-refractivity contribution < 1.29 is 0 Å². The average Bonchev–Trinajstić information content (AvgIpc) is 2.07. The van der Waals surface area contributed by atoms with Crippen LogP contribution in [-0.2, 0) is 0 Å². The van der Waals surface area contributed by atoms with Crippen molar-refractivity contribution in [2.75, 3.05) is 0 Å². The zero-order chi connectivity index (χ0) is 9.68. The maximum Gasteiger partial charge on any atom is -0.0406 e. The summed E-state index contributed by atoms with van der Waals surface area (Å²) >= 11 is 0. The van der Waals surface area contributed by atoms with Gasteiger partial charge in [0.2, 0.25) is 0 Å². The summed E-state index contributed by atoms with van der Waals surface area (Å²) in [7, 11) is 0. The maximum atomic E-state index is 2.44. The van der Waals surface area contributed by atoms with Gasteiger partial charge in [0.05, 0.1) is 0 Å². The molecule has 13 heavy (non-hydrogen) atoms. The Bertz CT molecular complexity index is 119. The van der Waals surface area contributed by atoms with Crippen molar-refractivity contribution in [1.29, 1.82) is 0 Å². The van der Waals surface area contributed by atoms with E-state index >= 15 is 0 Å². The summed E-state index contributed by atoms with van der Waals surface area (Å²) in [5.41, 5.74) is 0. The van der Waals surface area contributed by atoms with E-state index < -0.39 is 0 Å². The quantitative estimate of drug-likeness (QED) is 0.561. The van der Waals surface area contributed by atoms with Gasteiger partial charge >= 0.3 is 0 Å². The van der Waals surface area contributed by atoms with E-state index in [2.05, 4.69) is 20.8 Å². The van der Waals surface area contributed by atoms with Crippen LogP contribution in [-0.4, -0.2) is 0 Å². The lowest BCUT2D eigenvalue weighted by atomic mass is 9.70. The van der Waals surface area contributed by atoms with Gasteiger partial charge in [0.1, 0.15) is 0 Å². The SMILES string of the molecule is CCCCC(C)CC1CC(CC)C1. The van der Waals surface area contributed by atoms with E-state index in [-0.39, 0.29) is 0 Å². The topological polar surface area (TPSA) is 0 Å². The predicted octanol–water partition coefficient (Wildman–Crippen LogP) is 4.64. The zero-order valence-corrected chi connectivity index (χ0v) is 9.68. The second-order valence-electron chi connectivity index (χ2n) is 5.09. The van der Waals surface area contributed by atoms with E-state index in [1.54, 1.807) is 0 Å². The van der Waals surface area contributed by atoms with Crippen LogP contribution in [0.15, 0.2) is 0 Å². The van der Waals surface area contributed by atoms with Crippen molar-refractivity contribution in [2.24, 2.45) is 17.8 Å². The number of hydrogen-bond acceptors (Lipinski definition) is 0. The van der Waals surface area contributed by atoms with E-state index in [1.165, 1.54) is 44.9 Å². The predicted molar refractivity (Wildman–Crippen MR) is 59.8 cm³/mol. The van der Waals surface area contributed by atoms with Crippen LogP contribution < -0.4 is 0 Å². The van der Waals surface area contributed by atoms with Crippen LogP contribution in [0.5, 0.6) is 0 Å². The lowest BCUT2D eigenvalue weighted by molar-refractivity contribution is 0.154. The van der Waals surface area contributed by atoms with Crippen molar-refractivity contribution in [2.45, 2.75) is 65.7 Å². The Balaban J connectivity index is 1.99. The molecule has 78 valence electrons. The zero-order valence-electron chi connectivity index (χ0n) is 9.68. The third-order valence-electron chi connectivity index (χ3n) is 3.70. The van der Waals surface area contributed by atoms with Crippen LogP contribution in [0.2, 0.25) is 0 Å². The molecule has 0 spiro atoms. The molecule has 0 nitrogen and oxygen atoms in total. The highest BCUT2D eigenvalue weighted by Crippen LogP contribution is 2.40. The van der Waals surface area contributed by atoms with Crippen molar-refractivity contribution in [3.8, 4) is 0 Å². The lowest BCUT2D eigenvalue weighted by Crippen LogP contribution is -2.24. The molecule has 0 aromatic carbocycles. The summed E-state index contributed by atoms with van der Waals surface area (Å²) in [6.45, 7) is 7.07. The molecule has 1 unspecified atom stereocenters. The molecule has 1 aliphatic rings. The maximum absolute atomic E-state index is 2.44. The summed E-state index contributed by atoms with van der Waals surface area (Å²) in [6, 6.07) is 0. The Hall–Kier alpha value is 0. The molecule has 0 aromatic rings. The third-order valence-corrected chi connectivity index (χ3v) is 3.70. The van der Waals surface area contributed by atoms with Crippen LogP contribution in [0.25, 0.3) is 0 Å². The Morgan fingerprint density at radius 3 is 2.38 bits per heavy atom. The molecular formula is C13H26. The molecule has 0 N–H and O–H groups in total. The van der Waals surface area contributed by atoms with Crippen molar-refractivity contribution in [1.82, 2.24) is 0 Å². The molecule has 0 bridgehead atoms. The molecule has 0 aliphatic heterocycles. The van der Waals surface area contributed by atoms with Crippen LogP contribution in [0.3, 0.4) is 0 Å². The van der Waals surface area contributed by atoms with Crippen LogP contribution >= 0.6 is 0 Å². The van der Waals surface area contributed by atoms with Gasteiger partial charge in [-0.05, 0) is 37.0 Å². The van der Waals surface area contributed by atoms with Gasteiger partial charge in [-0.3, -0.25) is 0 Å². The van der Waals surface area contributed by atoms with E-state index in [4.69, 9.17) is 0 Å². The molecule has 1 saturated carbocycles. The highest BCUT2D eigenvalue weighted by Gasteiger charge is 2.28. The first-order chi connectivity index (χ1) is 6.26. The third kappa shape index (κ3) is 3.70. The summed E-state index contributed by atoms with van der Waals surface area (Å²) in [5, 5.41) is 0. The fourth-order valence-corrected chi connectivity index (χ4v) is 2.64. The van der Waals surface area contributed by atoms with Crippen LogP contribution in [0, 0.1) is 17.8 Å². The Morgan fingerprint density at radius 1 is 1.15 bits per heavy atom. The van der Waals surface area contributed by atoms with Gasteiger partial charge in [0.25, 0.3) is 0 Å². The van der Waals surface area contributed by atoms with Gasteiger partial charge in [-0.2, -0.15) is 0 Å². The minimum Gasteiger partial charge on any atom is -0.0654 e. The first kappa shape index (κ1) is 11.1. The molecule has 1 aliphatic carbocycles. The van der Waals surface area contributed by atoms with Gasteiger partial charge < -0.3 is 0 Å². The molecule has 1 atom stereocenters. The van der Waals surface area contributed by atoms with E-state index in [9.17, 15) is 0 Å². The number of unbranched alkanes of at least 4 members (excludes halogenated alkanes) is 1. The monoisotopic (exact) mass is 182 g/mol. The van der Waals surface area contributed by atoms with Crippen molar-refractivity contribution in [3.63, 3.8) is 0 Å². The average molecular weight is 182 g/mol. The minimum atomic E-state index is 0.989. The van der Waals surface area contributed by atoms with Gasteiger partial charge in [0.15, 0.2) is 0 Å². The molecule has 0 amide bonds. The molecule has 0 radical (unpaired) electrons. The number of rotatable bonds is 6. The summed E-state index contributed by atoms with van der Waals surface area (Å²) in [4.78, 5) is 0. The second-order valence-corrected chi connectivity index (χ2v) is 5.09. The molecule has 0 heteroatoms. The van der Waals surface area contributed by atoms with Gasteiger partial charge in [-0.1, -0.05) is 46.5 Å². The molecule has 1 rings (SSSR count).